The lowest BCUT2D eigenvalue weighted by Crippen LogP contribution is -2.37. The molecule has 0 atom stereocenters. The predicted octanol–water partition coefficient (Wildman–Crippen LogP) is 2.67. The number of pyridine rings is 1. The summed E-state index contributed by atoms with van der Waals surface area (Å²) in [5.41, 5.74) is 1.17. The number of hydrogen-bond acceptors (Lipinski definition) is 3. The summed E-state index contributed by atoms with van der Waals surface area (Å²) < 4.78 is 1.05. The van der Waals surface area contributed by atoms with Gasteiger partial charge in [-0.05, 0) is 73.0 Å². The first-order chi connectivity index (χ1) is 8.78. The highest BCUT2D eigenvalue weighted by Crippen LogP contribution is 2.18. The number of rotatable bonds is 5. The average Bonchev–Trinajstić information content (AvgIpc) is 2.41. The van der Waals surface area contributed by atoms with Crippen LogP contribution >= 0.6 is 15.9 Å². The third-order valence-electron chi connectivity index (χ3n) is 3.56. The van der Waals surface area contributed by atoms with E-state index in [2.05, 4.69) is 50.2 Å². The Balaban J connectivity index is 1.74. The molecule has 1 fully saturated rings. The molecule has 4 heteroatoms. The minimum Gasteiger partial charge on any atom is -0.317 e. The van der Waals surface area contributed by atoms with E-state index in [0.29, 0.717) is 0 Å². The Hall–Kier alpha value is -0.450. The van der Waals surface area contributed by atoms with Crippen molar-refractivity contribution in [2.75, 3.05) is 26.2 Å². The van der Waals surface area contributed by atoms with Gasteiger partial charge in [0.2, 0.25) is 0 Å². The van der Waals surface area contributed by atoms with Crippen LogP contribution in [0, 0.1) is 5.92 Å². The highest BCUT2D eigenvalue weighted by Gasteiger charge is 2.18. The maximum absolute atomic E-state index is 4.44. The average molecular weight is 312 g/mol. The number of nitrogens with zero attached hydrogens (tertiary/aromatic N) is 2. The molecule has 1 saturated heterocycles. The van der Waals surface area contributed by atoms with Crippen LogP contribution in [-0.2, 0) is 6.54 Å². The van der Waals surface area contributed by atoms with Gasteiger partial charge in [0.1, 0.15) is 0 Å². The molecule has 0 spiro atoms. The maximum Gasteiger partial charge on any atom is 0.0544 e. The van der Waals surface area contributed by atoms with E-state index in [0.717, 1.165) is 23.5 Å². The highest BCUT2D eigenvalue weighted by molar-refractivity contribution is 9.10. The number of nitrogens with one attached hydrogen (secondary N) is 1. The van der Waals surface area contributed by atoms with Crippen molar-refractivity contribution in [2.45, 2.75) is 26.3 Å². The second kappa shape index (κ2) is 7.22. The standard InChI is InChI=1S/C14H22BrN3/c1-2-16-9-12-5-7-18(8-6-12)11-14-4-3-13(15)10-17-14/h3-4,10,12,16H,2,5-9,11H2,1H3. The van der Waals surface area contributed by atoms with Crippen molar-refractivity contribution in [3.05, 3.63) is 28.5 Å². The van der Waals surface area contributed by atoms with Gasteiger partial charge >= 0.3 is 0 Å². The molecular formula is C14H22BrN3. The highest BCUT2D eigenvalue weighted by atomic mass is 79.9. The van der Waals surface area contributed by atoms with Crippen LogP contribution in [0.4, 0.5) is 0 Å². The molecule has 0 aliphatic carbocycles. The zero-order valence-corrected chi connectivity index (χ0v) is 12.6. The summed E-state index contributed by atoms with van der Waals surface area (Å²) in [6.07, 6.45) is 4.50. The van der Waals surface area contributed by atoms with Gasteiger partial charge in [-0.15, -0.1) is 0 Å². The SMILES string of the molecule is CCNCC1CCN(Cc2ccc(Br)cn2)CC1. The number of aromatic nitrogens is 1. The third kappa shape index (κ3) is 4.34. The van der Waals surface area contributed by atoms with E-state index in [9.17, 15) is 0 Å². The van der Waals surface area contributed by atoms with Crippen molar-refractivity contribution in [3.8, 4) is 0 Å². The van der Waals surface area contributed by atoms with Gasteiger partial charge in [0.05, 0.1) is 5.69 Å². The van der Waals surface area contributed by atoms with Crippen LogP contribution in [0.15, 0.2) is 22.8 Å². The van der Waals surface area contributed by atoms with Crippen LogP contribution in [0.5, 0.6) is 0 Å². The van der Waals surface area contributed by atoms with Gasteiger partial charge in [0.25, 0.3) is 0 Å². The lowest BCUT2D eigenvalue weighted by molar-refractivity contribution is 0.174. The molecule has 18 heavy (non-hydrogen) atoms. The molecule has 1 aliphatic heterocycles. The maximum atomic E-state index is 4.44. The van der Waals surface area contributed by atoms with E-state index in [1.165, 1.54) is 38.2 Å². The second-order valence-corrected chi connectivity index (χ2v) is 5.91. The number of piperidine rings is 1. The smallest absolute Gasteiger partial charge is 0.0544 e. The molecule has 2 rings (SSSR count). The summed E-state index contributed by atoms with van der Waals surface area (Å²) in [6, 6.07) is 4.18. The Bertz CT molecular complexity index is 345. The summed E-state index contributed by atoms with van der Waals surface area (Å²) in [5, 5.41) is 3.45. The van der Waals surface area contributed by atoms with Crippen LogP contribution in [0.25, 0.3) is 0 Å². The normalized spacial score (nSPS) is 18.1. The van der Waals surface area contributed by atoms with Crippen molar-refractivity contribution in [1.29, 1.82) is 0 Å². The molecule has 0 amide bonds. The first-order valence-corrected chi connectivity index (χ1v) is 7.60. The fourth-order valence-electron chi connectivity index (χ4n) is 2.43. The van der Waals surface area contributed by atoms with Crippen molar-refractivity contribution in [2.24, 2.45) is 5.92 Å². The summed E-state index contributed by atoms with van der Waals surface area (Å²) in [7, 11) is 0. The van der Waals surface area contributed by atoms with Crippen molar-refractivity contribution >= 4 is 15.9 Å². The predicted molar refractivity (Wildman–Crippen MR) is 78.5 cm³/mol. The van der Waals surface area contributed by atoms with Crippen molar-refractivity contribution < 1.29 is 0 Å². The fourth-order valence-corrected chi connectivity index (χ4v) is 2.66. The van der Waals surface area contributed by atoms with E-state index < -0.39 is 0 Å². The van der Waals surface area contributed by atoms with Crippen LogP contribution in [-0.4, -0.2) is 36.1 Å². The molecule has 0 radical (unpaired) electrons. The van der Waals surface area contributed by atoms with E-state index in [4.69, 9.17) is 0 Å². The Morgan fingerprint density at radius 2 is 2.17 bits per heavy atom. The number of likely N-dealkylation sites (tertiary alicyclic amines) is 1. The molecule has 0 unspecified atom stereocenters. The first kappa shape index (κ1) is 14.0. The Labute approximate surface area is 118 Å². The monoisotopic (exact) mass is 311 g/mol. The summed E-state index contributed by atoms with van der Waals surface area (Å²) in [4.78, 5) is 6.95. The minimum absolute atomic E-state index is 0.860. The Morgan fingerprint density at radius 1 is 1.39 bits per heavy atom. The minimum atomic E-state index is 0.860. The zero-order chi connectivity index (χ0) is 12.8. The van der Waals surface area contributed by atoms with E-state index in [-0.39, 0.29) is 0 Å². The van der Waals surface area contributed by atoms with Crippen LogP contribution < -0.4 is 5.32 Å². The summed E-state index contributed by atoms with van der Waals surface area (Å²) in [5.74, 6) is 0.860. The van der Waals surface area contributed by atoms with Crippen molar-refractivity contribution in [3.63, 3.8) is 0 Å². The van der Waals surface area contributed by atoms with Crippen molar-refractivity contribution in [1.82, 2.24) is 15.2 Å². The molecule has 1 aromatic heterocycles. The van der Waals surface area contributed by atoms with Gasteiger partial charge < -0.3 is 5.32 Å². The van der Waals surface area contributed by atoms with E-state index in [1.807, 2.05) is 6.20 Å². The van der Waals surface area contributed by atoms with Gasteiger partial charge in [-0.3, -0.25) is 9.88 Å². The molecule has 2 heterocycles. The summed E-state index contributed by atoms with van der Waals surface area (Å²) in [6.45, 7) is 7.83. The Morgan fingerprint density at radius 3 is 2.78 bits per heavy atom. The molecular weight excluding hydrogens is 290 g/mol. The molecule has 100 valence electrons. The van der Waals surface area contributed by atoms with Gasteiger partial charge in [0, 0.05) is 17.2 Å². The third-order valence-corrected chi connectivity index (χ3v) is 4.03. The number of halogens is 1. The Kier molecular flexibility index (Phi) is 5.60. The van der Waals surface area contributed by atoms with E-state index >= 15 is 0 Å². The van der Waals surface area contributed by atoms with Gasteiger partial charge in [0.15, 0.2) is 0 Å². The molecule has 0 aromatic carbocycles. The van der Waals surface area contributed by atoms with Crippen LogP contribution in [0.1, 0.15) is 25.5 Å². The first-order valence-electron chi connectivity index (χ1n) is 6.81. The largest absolute Gasteiger partial charge is 0.317 e. The zero-order valence-electron chi connectivity index (χ0n) is 11.0. The summed E-state index contributed by atoms with van der Waals surface area (Å²) >= 11 is 3.42. The van der Waals surface area contributed by atoms with Crippen LogP contribution in [0.2, 0.25) is 0 Å². The lowest BCUT2D eigenvalue weighted by Gasteiger charge is -2.31. The molecule has 0 bridgehead atoms. The topological polar surface area (TPSA) is 28.2 Å². The molecule has 1 aliphatic rings. The number of hydrogen-bond donors (Lipinski definition) is 1. The fraction of sp³-hybridized carbons (Fsp3) is 0.643. The lowest BCUT2D eigenvalue weighted by atomic mass is 9.96. The van der Waals surface area contributed by atoms with Gasteiger partial charge in [-0.25, -0.2) is 0 Å². The van der Waals surface area contributed by atoms with E-state index in [1.54, 1.807) is 0 Å². The molecule has 1 aromatic rings. The molecule has 3 nitrogen and oxygen atoms in total. The second-order valence-electron chi connectivity index (χ2n) is 4.99. The molecule has 0 saturated carbocycles. The van der Waals surface area contributed by atoms with Crippen LogP contribution in [0.3, 0.4) is 0 Å². The molecule has 1 N–H and O–H groups in total. The van der Waals surface area contributed by atoms with Gasteiger partial charge in [-0.1, -0.05) is 6.92 Å². The van der Waals surface area contributed by atoms with Gasteiger partial charge in [-0.2, -0.15) is 0 Å². The quantitative estimate of drug-likeness (QED) is 0.906.